The van der Waals surface area contributed by atoms with Gasteiger partial charge < -0.3 is 4.74 Å². The van der Waals surface area contributed by atoms with Gasteiger partial charge in [-0.05, 0) is 30.2 Å². The zero-order chi connectivity index (χ0) is 19.4. The summed E-state index contributed by atoms with van der Waals surface area (Å²) in [6, 6.07) is 13.3. The Morgan fingerprint density at radius 1 is 1.11 bits per heavy atom. The lowest BCUT2D eigenvalue weighted by atomic mass is 10.1. The Bertz CT molecular complexity index is 923. The summed E-state index contributed by atoms with van der Waals surface area (Å²) in [6.45, 7) is 1.99. The molecule has 1 saturated heterocycles. The number of rotatable bonds is 5. The van der Waals surface area contributed by atoms with E-state index in [9.17, 15) is 14.4 Å². The maximum Gasteiger partial charge on any atom is 0.335 e. The molecule has 1 atom stereocenters. The molecule has 0 unspecified atom stereocenters. The number of carbonyl (C=O) groups excluding carboxylic acids is 3. The summed E-state index contributed by atoms with van der Waals surface area (Å²) in [5.74, 6) is -2.24. The highest BCUT2D eigenvalue weighted by molar-refractivity contribution is 6.33. The number of aryl methyl sites for hydroxylation is 1. The number of carbonyl (C=O) groups is 3. The second kappa shape index (κ2) is 7.82. The fourth-order valence-electron chi connectivity index (χ4n) is 2.86. The first kappa shape index (κ1) is 18.3. The quantitative estimate of drug-likeness (QED) is 0.652. The first-order valence-corrected chi connectivity index (χ1v) is 8.50. The maximum atomic E-state index is 12.9. The molecule has 2 aromatic rings. The molecule has 4 amide bonds. The van der Waals surface area contributed by atoms with Crippen molar-refractivity contribution >= 4 is 35.4 Å². The molecule has 3 rings (SSSR count). The molecule has 7 nitrogen and oxygen atoms in total. The van der Waals surface area contributed by atoms with E-state index < -0.39 is 23.8 Å². The van der Waals surface area contributed by atoms with E-state index in [1.54, 1.807) is 24.3 Å². The molecule has 1 aliphatic heterocycles. The van der Waals surface area contributed by atoms with Crippen LogP contribution in [0.15, 0.2) is 53.5 Å². The van der Waals surface area contributed by atoms with E-state index in [1.165, 1.54) is 13.3 Å². The van der Waals surface area contributed by atoms with E-state index >= 15 is 0 Å². The van der Waals surface area contributed by atoms with Crippen molar-refractivity contribution in [3.8, 4) is 5.75 Å². The van der Waals surface area contributed by atoms with Crippen molar-refractivity contribution in [2.24, 2.45) is 10.9 Å². The van der Waals surface area contributed by atoms with Crippen LogP contribution in [0.1, 0.15) is 12.5 Å². The zero-order valence-electron chi connectivity index (χ0n) is 15.0. The maximum absolute atomic E-state index is 12.9. The number of nitrogens with zero attached hydrogens (tertiary/aromatic N) is 2. The Morgan fingerprint density at radius 3 is 2.56 bits per heavy atom. The van der Waals surface area contributed by atoms with Gasteiger partial charge in [0.05, 0.1) is 18.5 Å². The second-order valence-electron chi connectivity index (χ2n) is 5.88. The lowest BCUT2D eigenvalue weighted by molar-refractivity contribution is -0.131. The molecule has 1 N–H and O–H groups in total. The van der Waals surface area contributed by atoms with Crippen molar-refractivity contribution in [2.45, 2.75) is 13.3 Å². The summed E-state index contributed by atoms with van der Waals surface area (Å²) >= 11 is 0. The standard InChI is InChI=1S/C20H19N3O4/c1-3-13-8-4-5-9-15(13)21-12-14-18(24)22-20(26)23(19(14)25)16-10-6-7-11-17(16)27-2/h4-12,14H,3H2,1-2H3,(H,22,24,26)/t14-/m1/s1. The molecular formula is C20H19N3O4. The SMILES string of the molecule is CCc1ccccc1N=C[C@@H]1C(=O)NC(=O)N(c2ccccc2OC)C1=O. The lowest BCUT2D eigenvalue weighted by Crippen LogP contribution is -2.58. The van der Waals surface area contributed by atoms with Gasteiger partial charge in [-0.3, -0.25) is 19.9 Å². The van der Waals surface area contributed by atoms with Crippen LogP contribution in [0.5, 0.6) is 5.75 Å². The van der Waals surface area contributed by atoms with Gasteiger partial charge >= 0.3 is 6.03 Å². The lowest BCUT2D eigenvalue weighted by Gasteiger charge is -2.29. The average molecular weight is 365 g/mol. The van der Waals surface area contributed by atoms with Crippen molar-refractivity contribution in [3.05, 3.63) is 54.1 Å². The van der Waals surface area contributed by atoms with E-state index in [4.69, 9.17) is 4.74 Å². The highest BCUT2D eigenvalue weighted by Crippen LogP contribution is 2.30. The number of hydrogen-bond acceptors (Lipinski definition) is 5. The van der Waals surface area contributed by atoms with Crippen molar-refractivity contribution in [1.29, 1.82) is 0 Å². The van der Waals surface area contributed by atoms with Crippen LogP contribution in [0.25, 0.3) is 0 Å². The highest BCUT2D eigenvalue weighted by Gasteiger charge is 2.41. The van der Waals surface area contributed by atoms with Crippen LogP contribution in [-0.4, -0.2) is 31.2 Å². The van der Waals surface area contributed by atoms with Crippen molar-refractivity contribution < 1.29 is 19.1 Å². The third-order valence-corrected chi connectivity index (χ3v) is 4.26. The highest BCUT2D eigenvalue weighted by atomic mass is 16.5. The number of imide groups is 2. The summed E-state index contributed by atoms with van der Waals surface area (Å²) in [6.07, 6.45) is 2.05. The minimum Gasteiger partial charge on any atom is -0.495 e. The minimum absolute atomic E-state index is 0.266. The molecular weight excluding hydrogens is 346 g/mol. The number of para-hydroxylation sites is 3. The summed E-state index contributed by atoms with van der Waals surface area (Å²) < 4.78 is 5.22. The molecule has 1 aliphatic rings. The summed E-state index contributed by atoms with van der Waals surface area (Å²) in [5.41, 5.74) is 1.94. The summed E-state index contributed by atoms with van der Waals surface area (Å²) in [5, 5.41) is 2.20. The van der Waals surface area contributed by atoms with Gasteiger partial charge in [-0.15, -0.1) is 0 Å². The topological polar surface area (TPSA) is 88.1 Å². The fourth-order valence-corrected chi connectivity index (χ4v) is 2.86. The van der Waals surface area contributed by atoms with Gasteiger partial charge in [0.2, 0.25) is 5.91 Å². The van der Waals surface area contributed by atoms with E-state index in [-0.39, 0.29) is 5.69 Å². The Morgan fingerprint density at radius 2 is 1.81 bits per heavy atom. The van der Waals surface area contributed by atoms with Crippen LogP contribution in [0.3, 0.4) is 0 Å². The van der Waals surface area contributed by atoms with E-state index in [1.807, 2.05) is 31.2 Å². The number of anilines is 1. The molecule has 0 aromatic heterocycles. The summed E-state index contributed by atoms with van der Waals surface area (Å²) in [4.78, 5) is 42.6. The molecule has 1 fully saturated rings. The molecule has 2 aromatic carbocycles. The van der Waals surface area contributed by atoms with Crippen LogP contribution >= 0.6 is 0 Å². The molecule has 0 aliphatic carbocycles. The van der Waals surface area contributed by atoms with Gasteiger partial charge in [-0.1, -0.05) is 37.3 Å². The molecule has 7 heteroatoms. The number of urea groups is 1. The van der Waals surface area contributed by atoms with E-state index in [2.05, 4.69) is 10.3 Å². The third-order valence-electron chi connectivity index (χ3n) is 4.26. The normalized spacial score (nSPS) is 17.3. The number of hydrogen-bond donors (Lipinski definition) is 1. The fraction of sp³-hybridized carbons (Fsp3) is 0.200. The monoisotopic (exact) mass is 365 g/mol. The molecule has 0 spiro atoms. The summed E-state index contributed by atoms with van der Waals surface area (Å²) in [7, 11) is 1.44. The second-order valence-corrected chi connectivity index (χ2v) is 5.88. The van der Waals surface area contributed by atoms with Gasteiger partial charge in [-0.25, -0.2) is 9.69 Å². The van der Waals surface area contributed by atoms with Gasteiger partial charge in [0.1, 0.15) is 5.75 Å². The van der Waals surface area contributed by atoms with Crippen LogP contribution in [0.2, 0.25) is 0 Å². The van der Waals surface area contributed by atoms with Crippen molar-refractivity contribution in [2.75, 3.05) is 12.0 Å². The van der Waals surface area contributed by atoms with Crippen LogP contribution in [0.4, 0.5) is 16.2 Å². The number of ether oxygens (including phenoxy) is 1. The number of benzene rings is 2. The predicted molar refractivity (Wildman–Crippen MR) is 101 cm³/mol. The third kappa shape index (κ3) is 3.57. The van der Waals surface area contributed by atoms with Gasteiger partial charge in [0.15, 0.2) is 5.92 Å². The molecule has 0 bridgehead atoms. The van der Waals surface area contributed by atoms with Crippen molar-refractivity contribution in [3.63, 3.8) is 0 Å². The van der Waals surface area contributed by atoms with E-state index in [0.29, 0.717) is 11.4 Å². The van der Waals surface area contributed by atoms with Crippen LogP contribution in [-0.2, 0) is 16.0 Å². The Labute approximate surface area is 156 Å². The Balaban J connectivity index is 1.94. The Kier molecular flexibility index (Phi) is 5.30. The van der Waals surface area contributed by atoms with Crippen LogP contribution in [0, 0.1) is 5.92 Å². The minimum atomic E-state index is -1.21. The first-order chi connectivity index (χ1) is 13.1. The molecule has 1 heterocycles. The van der Waals surface area contributed by atoms with Gasteiger partial charge in [-0.2, -0.15) is 0 Å². The number of methoxy groups -OCH3 is 1. The molecule has 0 radical (unpaired) electrons. The average Bonchev–Trinajstić information content (AvgIpc) is 2.68. The number of nitrogens with one attached hydrogen (secondary N) is 1. The van der Waals surface area contributed by atoms with Gasteiger partial charge in [0.25, 0.3) is 5.91 Å². The Hall–Kier alpha value is -3.48. The molecule has 0 saturated carbocycles. The number of barbiturate groups is 1. The smallest absolute Gasteiger partial charge is 0.335 e. The zero-order valence-corrected chi connectivity index (χ0v) is 15.0. The van der Waals surface area contributed by atoms with E-state index in [0.717, 1.165) is 16.9 Å². The number of aliphatic imine (C=N–C) groups is 1. The van der Waals surface area contributed by atoms with Gasteiger partial charge in [0, 0.05) is 6.21 Å². The molecule has 138 valence electrons. The molecule has 27 heavy (non-hydrogen) atoms. The van der Waals surface area contributed by atoms with Crippen LogP contribution < -0.4 is 15.0 Å². The largest absolute Gasteiger partial charge is 0.495 e. The van der Waals surface area contributed by atoms with Crippen molar-refractivity contribution in [1.82, 2.24) is 5.32 Å². The number of amides is 4. The first-order valence-electron chi connectivity index (χ1n) is 8.50. The predicted octanol–water partition coefficient (Wildman–Crippen LogP) is 2.86.